The van der Waals surface area contributed by atoms with Crippen LogP contribution in [0.25, 0.3) is 11.1 Å². The zero-order valence-corrected chi connectivity index (χ0v) is 12.2. The van der Waals surface area contributed by atoms with E-state index in [4.69, 9.17) is 0 Å². The molecule has 2 aromatic heterocycles. The first kappa shape index (κ1) is 13.4. The Morgan fingerprint density at radius 1 is 1.14 bits per heavy atom. The van der Waals surface area contributed by atoms with Crippen molar-refractivity contribution in [1.82, 2.24) is 14.3 Å². The van der Waals surface area contributed by atoms with E-state index < -0.39 is 0 Å². The molecule has 106 valence electrons. The Morgan fingerprint density at radius 2 is 1.90 bits per heavy atom. The summed E-state index contributed by atoms with van der Waals surface area (Å²) in [5.41, 5.74) is 3.90. The lowest BCUT2D eigenvalue weighted by atomic mass is 10.1. The monoisotopic (exact) mass is 279 g/mol. The van der Waals surface area contributed by atoms with Gasteiger partial charge in [0.2, 0.25) is 0 Å². The van der Waals surface area contributed by atoms with E-state index in [1.54, 1.807) is 17.8 Å². The van der Waals surface area contributed by atoms with E-state index in [1.807, 2.05) is 48.3 Å². The minimum atomic E-state index is 0.0308. The predicted octanol–water partition coefficient (Wildman–Crippen LogP) is 2.61. The normalized spacial score (nSPS) is 10.8. The van der Waals surface area contributed by atoms with Crippen LogP contribution in [0.5, 0.6) is 0 Å². The lowest BCUT2D eigenvalue weighted by Crippen LogP contribution is -2.18. The zero-order chi connectivity index (χ0) is 14.8. The molecule has 1 aromatic carbocycles. The summed E-state index contributed by atoms with van der Waals surface area (Å²) in [5, 5.41) is 4.39. The van der Waals surface area contributed by atoms with E-state index in [-0.39, 0.29) is 5.56 Å². The highest BCUT2D eigenvalue weighted by atomic mass is 16.1. The summed E-state index contributed by atoms with van der Waals surface area (Å²) in [5.74, 6) is 0. The molecule has 21 heavy (non-hydrogen) atoms. The molecule has 0 aliphatic carbocycles. The molecule has 0 saturated heterocycles. The molecule has 0 amide bonds. The third kappa shape index (κ3) is 2.65. The van der Waals surface area contributed by atoms with Gasteiger partial charge in [-0.1, -0.05) is 30.3 Å². The van der Waals surface area contributed by atoms with Crippen molar-refractivity contribution in [1.29, 1.82) is 0 Å². The Hall–Kier alpha value is -2.62. The van der Waals surface area contributed by atoms with Gasteiger partial charge in [0.15, 0.2) is 0 Å². The molecule has 4 heteroatoms. The van der Waals surface area contributed by atoms with E-state index in [1.165, 1.54) is 5.56 Å². The van der Waals surface area contributed by atoms with Gasteiger partial charge in [-0.2, -0.15) is 5.10 Å². The Morgan fingerprint density at radius 3 is 2.67 bits per heavy atom. The summed E-state index contributed by atoms with van der Waals surface area (Å²) in [6.45, 7) is 2.58. The van der Waals surface area contributed by atoms with Crippen molar-refractivity contribution in [2.24, 2.45) is 7.05 Å². The fraction of sp³-hybridized carbons (Fsp3) is 0.176. The Balaban J connectivity index is 1.92. The van der Waals surface area contributed by atoms with Gasteiger partial charge in [-0.25, -0.2) is 0 Å². The van der Waals surface area contributed by atoms with Crippen LogP contribution in [0.2, 0.25) is 0 Å². The first-order chi connectivity index (χ1) is 10.1. The van der Waals surface area contributed by atoms with Gasteiger partial charge in [-0.15, -0.1) is 0 Å². The molecule has 0 unspecified atom stereocenters. The van der Waals surface area contributed by atoms with Gasteiger partial charge in [-0.3, -0.25) is 9.48 Å². The number of benzene rings is 1. The van der Waals surface area contributed by atoms with E-state index >= 15 is 0 Å². The minimum absolute atomic E-state index is 0.0308. The molecule has 3 aromatic rings. The highest BCUT2D eigenvalue weighted by molar-refractivity contribution is 5.64. The van der Waals surface area contributed by atoms with Crippen molar-refractivity contribution in [2.75, 3.05) is 0 Å². The molecule has 0 atom stereocenters. The van der Waals surface area contributed by atoms with Gasteiger partial charge in [0.1, 0.15) is 0 Å². The summed E-state index contributed by atoms with van der Waals surface area (Å²) >= 11 is 0. The second kappa shape index (κ2) is 5.40. The second-order valence-corrected chi connectivity index (χ2v) is 5.18. The standard InChI is InChI=1S/C17H17N3O/c1-13-16(8-9-19(2)17(13)21)15-10-18-20(12-15)11-14-6-4-3-5-7-14/h3-10,12H,11H2,1-2H3. The molecule has 0 saturated carbocycles. The number of hydrogen-bond donors (Lipinski definition) is 0. The van der Waals surface area contributed by atoms with Crippen LogP contribution >= 0.6 is 0 Å². The first-order valence-electron chi connectivity index (χ1n) is 6.88. The molecule has 0 spiro atoms. The molecule has 3 rings (SSSR count). The van der Waals surface area contributed by atoms with Crippen molar-refractivity contribution in [2.45, 2.75) is 13.5 Å². The number of nitrogens with zero attached hydrogens (tertiary/aromatic N) is 3. The molecular formula is C17H17N3O. The second-order valence-electron chi connectivity index (χ2n) is 5.18. The van der Waals surface area contributed by atoms with Crippen molar-refractivity contribution in [3.63, 3.8) is 0 Å². The van der Waals surface area contributed by atoms with Crippen LogP contribution in [0, 0.1) is 6.92 Å². The molecule has 4 nitrogen and oxygen atoms in total. The average Bonchev–Trinajstić information content (AvgIpc) is 2.94. The highest BCUT2D eigenvalue weighted by Crippen LogP contribution is 2.20. The lowest BCUT2D eigenvalue weighted by molar-refractivity contribution is 0.687. The van der Waals surface area contributed by atoms with Gasteiger partial charge >= 0.3 is 0 Å². The Labute approximate surface area is 123 Å². The maximum absolute atomic E-state index is 12.0. The third-order valence-corrected chi connectivity index (χ3v) is 3.64. The van der Waals surface area contributed by atoms with Gasteiger partial charge in [0.05, 0.1) is 12.7 Å². The Kier molecular flexibility index (Phi) is 3.44. The number of aryl methyl sites for hydroxylation is 1. The average molecular weight is 279 g/mol. The van der Waals surface area contributed by atoms with Crippen LogP contribution in [0.4, 0.5) is 0 Å². The number of pyridine rings is 1. The SMILES string of the molecule is Cc1c(-c2cnn(Cc3ccccc3)c2)ccn(C)c1=O. The van der Waals surface area contributed by atoms with Crippen molar-refractivity contribution >= 4 is 0 Å². The third-order valence-electron chi connectivity index (χ3n) is 3.64. The van der Waals surface area contributed by atoms with Crippen molar-refractivity contribution in [3.8, 4) is 11.1 Å². The molecule has 2 heterocycles. The summed E-state index contributed by atoms with van der Waals surface area (Å²) in [4.78, 5) is 12.0. The zero-order valence-electron chi connectivity index (χ0n) is 12.2. The molecular weight excluding hydrogens is 262 g/mol. The fourth-order valence-electron chi connectivity index (χ4n) is 2.43. The van der Waals surface area contributed by atoms with Crippen LogP contribution in [-0.4, -0.2) is 14.3 Å². The van der Waals surface area contributed by atoms with Crippen molar-refractivity contribution in [3.05, 3.63) is 76.5 Å². The summed E-state index contributed by atoms with van der Waals surface area (Å²) < 4.78 is 3.48. The lowest BCUT2D eigenvalue weighted by Gasteiger charge is -2.05. The van der Waals surface area contributed by atoms with Crippen LogP contribution in [0.15, 0.2) is 59.8 Å². The topological polar surface area (TPSA) is 39.8 Å². The Bertz CT molecular complexity index is 816. The molecule has 0 N–H and O–H groups in total. The maximum atomic E-state index is 12.0. The van der Waals surface area contributed by atoms with E-state index in [0.717, 1.165) is 23.2 Å². The minimum Gasteiger partial charge on any atom is -0.318 e. The quantitative estimate of drug-likeness (QED) is 0.739. The van der Waals surface area contributed by atoms with Crippen LogP contribution in [0.1, 0.15) is 11.1 Å². The van der Waals surface area contributed by atoms with Crippen LogP contribution in [0.3, 0.4) is 0 Å². The van der Waals surface area contributed by atoms with Gasteiger partial charge in [0, 0.05) is 30.6 Å². The number of rotatable bonds is 3. The van der Waals surface area contributed by atoms with Gasteiger partial charge in [-0.05, 0) is 24.1 Å². The van der Waals surface area contributed by atoms with Crippen LogP contribution < -0.4 is 5.56 Å². The van der Waals surface area contributed by atoms with Gasteiger partial charge in [0.25, 0.3) is 5.56 Å². The molecule has 0 aliphatic rings. The van der Waals surface area contributed by atoms with E-state index in [9.17, 15) is 4.79 Å². The molecule has 0 aliphatic heterocycles. The van der Waals surface area contributed by atoms with Crippen LogP contribution in [-0.2, 0) is 13.6 Å². The molecule has 0 fully saturated rings. The van der Waals surface area contributed by atoms with E-state index in [2.05, 4.69) is 17.2 Å². The predicted molar refractivity (Wildman–Crippen MR) is 83.2 cm³/mol. The maximum Gasteiger partial charge on any atom is 0.253 e. The largest absolute Gasteiger partial charge is 0.318 e. The summed E-state index contributed by atoms with van der Waals surface area (Å²) in [7, 11) is 1.76. The summed E-state index contributed by atoms with van der Waals surface area (Å²) in [6, 6.07) is 12.1. The van der Waals surface area contributed by atoms with Crippen molar-refractivity contribution < 1.29 is 0 Å². The smallest absolute Gasteiger partial charge is 0.253 e. The first-order valence-corrected chi connectivity index (χ1v) is 6.88. The fourth-order valence-corrected chi connectivity index (χ4v) is 2.43. The van der Waals surface area contributed by atoms with Gasteiger partial charge < -0.3 is 4.57 Å². The summed E-state index contributed by atoms with van der Waals surface area (Å²) in [6.07, 6.45) is 5.58. The molecule has 0 bridgehead atoms. The number of hydrogen-bond acceptors (Lipinski definition) is 2. The van der Waals surface area contributed by atoms with E-state index in [0.29, 0.717) is 0 Å². The number of aromatic nitrogens is 3. The molecule has 0 radical (unpaired) electrons. The highest BCUT2D eigenvalue weighted by Gasteiger charge is 2.08.